The highest BCUT2D eigenvalue weighted by Crippen LogP contribution is 2.39. The molecule has 0 spiro atoms. The number of hydrogen-bond donors (Lipinski definition) is 1. The Labute approximate surface area is 269 Å². The van der Waals surface area contributed by atoms with Crippen LogP contribution in [-0.2, 0) is 14.4 Å². The minimum atomic E-state index is -4.50. The number of aromatic hydroxyl groups is 1. The Kier molecular flexibility index (Phi) is 8.75. The molecule has 234 valence electrons. The number of hydroxylamine groups is 2. The van der Waals surface area contributed by atoms with Crippen molar-refractivity contribution in [1.82, 2.24) is 5.06 Å². The van der Waals surface area contributed by atoms with Crippen molar-refractivity contribution in [1.29, 1.82) is 0 Å². The van der Waals surface area contributed by atoms with E-state index in [2.05, 4.69) is 38.1 Å². The predicted octanol–water partition coefficient (Wildman–Crippen LogP) is 8.32. The molecule has 3 unspecified atom stereocenters. The molecule has 1 heterocycles. The Morgan fingerprint density at radius 1 is 0.674 bits per heavy atom. The molecule has 1 aliphatic heterocycles. The largest absolute Gasteiger partial charge is 0.508 e. The van der Waals surface area contributed by atoms with Gasteiger partial charge in [-0.15, -0.1) is 9.35 Å². The normalized spacial score (nSPS) is 15.1. The van der Waals surface area contributed by atoms with Crippen LogP contribution in [0.5, 0.6) is 5.75 Å². The average molecular weight is 634 g/mol. The van der Waals surface area contributed by atoms with Crippen molar-refractivity contribution in [3.8, 4) is 5.75 Å². The van der Waals surface area contributed by atoms with Crippen LogP contribution in [-0.4, -0.2) is 30.4 Å². The van der Waals surface area contributed by atoms with Gasteiger partial charge in [-0.05, 0) is 95.5 Å². The zero-order valence-electron chi connectivity index (χ0n) is 25.7. The second kappa shape index (κ2) is 12.9. The highest BCUT2D eigenvalue weighted by atomic mass is 32.2. The topological polar surface area (TPSA) is 101 Å². The van der Waals surface area contributed by atoms with Gasteiger partial charge in [-0.25, -0.2) is 0 Å². The maximum Gasteiger partial charge on any atom is 0.318 e. The fraction of sp³-hybridized carbons (Fsp3) is 0.211. The molecule has 0 radical (unpaired) electrons. The highest BCUT2D eigenvalue weighted by Gasteiger charge is 2.37. The van der Waals surface area contributed by atoms with E-state index in [1.165, 1.54) is 17.7 Å². The summed E-state index contributed by atoms with van der Waals surface area (Å²) < 4.78 is 31.8. The first-order valence-electron chi connectivity index (χ1n) is 15.4. The Hall–Kier alpha value is -4.79. The second-order valence-corrected chi connectivity index (χ2v) is 13.4. The molecule has 0 aliphatic carbocycles. The maximum absolute atomic E-state index is 13.3. The predicted molar refractivity (Wildman–Crippen MR) is 177 cm³/mol. The Morgan fingerprint density at radius 2 is 1.24 bits per heavy atom. The van der Waals surface area contributed by atoms with Crippen LogP contribution in [0.2, 0.25) is 0 Å². The highest BCUT2D eigenvalue weighted by molar-refractivity contribution is 7.86. The van der Waals surface area contributed by atoms with E-state index >= 15 is 0 Å². The maximum atomic E-state index is 13.3. The summed E-state index contributed by atoms with van der Waals surface area (Å²) in [6.07, 6.45) is 2.71. The summed E-state index contributed by atoms with van der Waals surface area (Å²) in [5, 5.41) is 11.4. The third-order valence-electron chi connectivity index (χ3n) is 8.98. The van der Waals surface area contributed by atoms with Crippen LogP contribution in [0.4, 0.5) is 0 Å². The van der Waals surface area contributed by atoms with Gasteiger partial charge in [0, 0.05) is 5.39 Å². The lowest BCUT2D eigenvalue weighted by atomic mass is 9.78. The van der Waals surface area contributed by atoms with Gasteiger partial charge in [0.05, 0.1) is 16.0 Å². The van der Waals surface area contributed by atoms with Crippen molar-refractivity contribution < 1.29 is 27.4 Å². The number of hydrogen-bond acceptors (Lipinski definition) is 6. The monoisotopic (exact) mass is 633 g/mol. The molecular weight excluding hydrogens is 598 g/mol. The smallest absolute Gasteiger partial charge is 0.318 e. The average Bonchev–Trinajstić information content (AvgIpc) is 3.08. The van der Waals surface area contributed by atoms with E-state index in [-0.39, 0.29) is 33.6 Å². The molecule has 6 rings (SSSR count). The van der Waals surface area contributed by atoms with Crippen molar-refractivity contribution in [2.24, 2.45) is 0 Å². The Bertz CT molecular complexity index is 1940. The van der Waals surface area contributed by atoms with E-state index in [1.54, 1.807) is 60.7 Å². The quantitative estimate of drug-likeness (QED) is 0.147. The summed E-state index contributed by atoms with van der Waals surface area (Å²) in [6.45, 7) is 4.31. The molecule has 1 aliphatic rings. The number of rotatable bonds is 11. The summed E-state index contributed by atoms with van der Waals surface area (Å²) >= 11 is 0. The van der Waals surface area contributed by atoms with Crippen molar-refractivity contribution in [2.75, 3.05) is 0 Å². The van der Waals surface area contributed by atoms with Gasteiger partial charge < -0.3 is 5.11 Å². The zero-order valence-corrected chi connectivity index (χ0v) is 26.5. The molecule has 0 saturated carbocycles. The summed E-state index contributed by atoms with van der Waals surface area (Å²) in [7, 11) is -4.50. The lowest BCUT2D eigenvalue weighted by Gasteiger charge is -2.27. The summed E-state index contributed by atoms with van der Waals surface area (Å²) in [6, 6.07) is 34.3. The molecule has 5 aromatic carbocycles. The van der Waals surface area contributed by atoms with E-state index in [0.717, 1.165) is 30.4 Å². The van der Waals surface area contributed by atoms with E-state index in [9.17, 15) is 23.1 Å². The summed E-state index contributed by atoms with van der Waals surface area (Å²) in [4.78, 5) is 26.2. The lowest BCUT2D eigenvalue weighted by Crippen LogP contribution is -2.41. The van der Waals surface area contributed by atoms with E-state index < -0.39 is 21.9 Å². The standard InChI is InChI=1S/C38H35NO6S/c1-3-26(28-9-5-4-6-10-28)24-31(29-15-19-32(40)20-16-29)23-25(2)27-17-21-33(22-18-27)46(43,44)45-39-37(41)34-13-7-11-30-12-8-14-35(36(30)34)38(39)42/h4-22,25-26,31,40H,3,23-24H2,1-2H3. The van der Waals surface area contributed by atoms with Gasteiger partial charge in [0.1, 0.15) is 5.75 Å². The van der Waals surface area contributed by atoms with Gasteiger partial charge >= 0.3 is 10.1 Å². The molecule has 0 bridgehead atoms. The third-order valence-corrected chi connectivity index (χ3v) is 10.2. The Morgan fingerprint density at radius 3 is 1.83 bits per heavy atom. The first kappa shape index (κ1) is 31.2. The number of phenols is 1. The molecular formula is C38H35NO6S. The van der Waals surface area contributed by atoms with Crippen molar-refractivity contribution in [3.05, 3.63) is 143 Å². The fourth-order valence-corrected chi connectivity index (χ4v) is 7.35. The van der Waals surface area contributed by atoms with Gasteiger partial charge in [-0.3, -0.25) is 9.59 Å². The van der Waals surface area contributed by atoms with Crippen LogP contribution in [0.15, 0.2) is 120 Å². The molecule has 0 fully saturated rings. The van der Waals surface area contributed by atoms with Crippen LogP contribution in [0, 0.1) is 0 Å². The fourth-order valence-electron chi connectivity index (χ4n) is 6.47. The molecule has 8 heteroatoms. The molecule has 5 aromatic rings. The van der Waals surface area contributed by atoms with Gasteiger partial charge in [-0.2, -0.15) is 8.42 Å². The van der Waals surface area contributed by atoms with Gasteiger partial charge in [0.25, 0.3) is 11.8 Å². The number of imide groups is 1. The van der Waals surface area contributed by atoms with Crippen LogP contribution < -0.4 is 0 Å². The minimum Gasteiger partial charge on any atom is -0.508 e. The van der Waals surface area contributed by atoms with Crippen LogP contribution in [0.25, 0.3) is 10.8 Å². The number of phenolic OH excluding ortho intramolecular Hbond substituents is 1. The van der Waals surface area contributed by atoms with Gasteiger partial charge in [-0.1, -0.05) is 92.7 Å². The van der Waals surface area contributed by atoms with E-state index in [4.69, 9.17) is 4.28 Å². The third kappa shape index (κ3) is 6.18. The van der Waals surface area contributed by atoms with Gasteiger partial charge in [0.2, 0.25) is 0 Å². The molecule has 0 aromatic heterocycles. The molecule has 46 heavy (non-hydrogen) atoms. The molecule has 7 nitrogen and oxygen atoms in total. The first-order chi connectivity index (χ1) is 22.2. The number of benzene rings is 5. The molecule has 0 saturated heterocycles. The van der Waals surface area contributed by atoms with Gasteiger partial charge in [0.15, 0.2) is 0 Å². The first-order valence-corrected chi connectivity index (χ1v) is 16.9. The van der Waals surface area contributed by atoms with E-state index in [0.29, 0.717) is 21.8 Å². The molecule has 1 N–H and O–H groups in total. The molecule has 2 amide bonds. The summed E-state index contributed by atoms with van der Waals surface area (Å²) in [5.41, 5.74) is 3.78. The number of nitrogens with zero attached hydrogens (tertiary/aromatic N) is 1. The van der Waals surface area contributed by atoms with Crippen LogP contribution in [0.3, 0.4) is 0 Å². The summed E-state index contributed by atoms with van der Waals surface area (Å²) in [5.74, 6) is -0.814. The van der Waals surface area contributed by atoms with Crippen LogP contribution in [0.1, 0.15) is 88.3 Å². The SMILES string of the molecule is CCC(CC(CC(C)c1ccc(S(=O)(=O)ON2C(=O)c3cccc4cccc(c34)C2=O)cc1)c1ccc(O)cc1)c1ccccc1. The van der Waals surface area contributed by atoms with Crippen LogP contribution >= 0.6 is 0 Å². The number of amides is 2. The van der Waals surface area contributed by atoms with E-state index in [1.807, 2.05) is 18.2 Å². The minimum absolute atomic E-state index is 0.0759. The zero-order chi connectivity index (χ0) is 32.4. The van der Waals surface area contributed by atoms with Crippen molar-refractivity contribution in [2.45, 2.75) is 55.8 Å². The van der Waals surface area contributed by atoms with Crippen molar-refractivity contribution in [3.63, 3.8) is 0 Å². The second-order valence-electron chi connectivity index (χ2n) is 11.9. The number of carbonyl (C=O) groups excluding carboxylic acids is 2. The Balaban J connectivity index is 1.20. The van der Waals surface area contributed by atoms with Crippen molar-refractivity contribution >= 4 is 32.7 Å². The molecule has 3 atom stereocenters. The lowest BCUT2D eigenvalue weighted by molar-refractivity contribution is -0.0155. The number of carbonyl (C=O) groups is 2.